The van der Waals surface area contributed by atoms with Crippen molar-refractivity contribution in [2.75, 3.05) is 0 Å². The number of carbonyl (C=O) groups is 1. The van der Waals surface area contributed by atoms with E-state index in [0.29, 0.717) is 16.3 Å². The number of pyridine rings is 1. The van der Waals surface area contributed by atoms with Crippen molar-refractivity contribution in [3.63, 3.8) is 0 Å². The molecule has 0 aliphatic heterocycles. The molecule has 19 heavy (non-hydrogen) atoms. The average molecular weight is 271 g/mol. The first-order chi connectivity index (χ1) is 9.13. The van der Waals surface area contributed by atoms with Crippen molar-refractivity contribution in [1.29, 1.82) is 5.26 Å². The molecule has 2 aromatic rings. The van der Waals surface area contributed by atoms with Crippen LogP contribution in [0.25, 0.3) is 0 Å². The number of carbonyl (C=O) groups excluding carboxylic acids is 1. The number of Topliss-reactive ketones (excluding diaryl/α,β-unsaturated/α-hetero) is 1. The molecule has 0 spiro atoms. The summed E-state index contributed by atoms with van der Waals surface area (Å²) in [6, 6.07) is 12.3. The van der Waals surface area contributed by atoms with Crippen LogP contribution in [0.3, 0.4) is 0 Å². The number of benzene rings is 1. The van der Waals surface area contributed by atoms with Crippen molar-refractivity contribution in [1.82, 2.24) is 4.98 Å². The Hall–Kier alpha value is -2.18. The molecule has 2 rings (SSSR count). The number of rotatable bonds is 3. The lowest BCUT2D eigenvalue weighted by atomic mass is 9.95. The maximum absolute atomic E-state index is 12.4. The molecule has 0 aliphatic carbocycles. The lowest BCUT2D eigenvalue weighted by Gasteiger charge is -2.09. The van der Waals surface area contributed by atoms with Crippen LogP contribution in [0.4, 0.5) is 0 Å². The van der Waals surface area contributed by atoms with Gasteiger partial charge >= 0.3 is 0 Å². The minimum Gasteiger partial charge on any atom is -0.292 e. The van der Waals surface area contributed by atoms with Crippen LogP contribution >= 0.6 is 11.6 Å². The van der Waals surface area contributed by atoms with E-state index in [2.05, 4.69) is 4.98 Å². The molecule has 0 bridgehead atoms. The number of aromatic nitrogens is 1. The smallest absolute Gasteiger partial charge is 0.187 e. The molecule has 1 atom stereocenters. The third kappa shape index (κ3) is 2.81. The minimum absolute atomic E-state index is 0.328. The highest BCUT2D eigenvalue weighted by atomic mass is 35.5. The first-order valence-corrected chi connectivity index (χ1v) is 6.12. The van der Waals surface area contributed by atoms with E-state index >= 15 is 0 Å². The third-order valence-electron chi connectivity index (χ3n) is 2.76. The van der Waals surface area contributed by atoms with Gasteiger partial charge in [0.2, 0.25) is 0 Å². The molecule has 94 valence electrons. The summed E-state index contributed by atoms with van der Waals surface area (Å²) in [6.07, 6.45) is 1.56. The first-order valence-electron chi connectivity index (χ1n) is 5.74. The Morgan fingerprint density at radius 2 is 2.16 bits per heavy atom. The predicted molar refractivity (Wildman–Crippen MR) is 73.1 cm³/mol. The van der Waals surface area contributed by atoms with E-state index in [1.165, 1.54) is 0 Å². The highest BCUT2D eigenvalue weighted by Gasteiger charge is 2.24. The Balaban J connectivity index is 2.40. The van der Waals surface area contributed by atoms with Crippen molar-refractivity contribution >= 4 is 17.4 Å². The Kier molecular flexibility index (Phi) is 3.94. The van der Waals surface area contributed by atoms with Crippen molar-refractivity contribution in [3.05, 3.63) is 64.4 Å². The fourth-order valence-corrected chi connectivity index (χ4v) is 2.11. The van der Waals surface area contributed by atoms with Gasteiger partial charge in [-0.3, -0.25) is 9.78 Å². The van der Waals surface area contributed by atoms with Crippen LogP contribution in [0, 0.1) is 18.3 Å². The van der Waals surface area contributed by atoms with Gasteiger partial charge in [-0.1, -0.05) is 23.7 Å². The SMILES string of the molecule is Cc1ccc(C(=O)C(C#N)c2ccccn2)c(Cl)c1. The predicted octanol–water partition coefficient (Wildman–Crippen LogP) is 3.53. The molecule has 1 aromatic heterocycles. The van der Waals surface area contributed by atoms with Crippen LogP contribution in [0.5, 0.6) is 0 Å². The second-order valence-electron chi connectivity index (χ2n) is 4.16. The van der Waals surface area contributed by atoms with E-state index in [-0.39, 0.29) is 5.78 Å². The second-order valence-corrected chi connectivity index (χ2v) is 4.57. The maximum atomic E-state index is 12.4. The highest BCUT2D eigenvalue weighted by Crippen LogP contribution is 2.24. The van der Waals surface area contributed by atoms with Gasteiger partial charge in [0.05, 0.1) is 16.8 Å². The molecule has 1 aromatic carbocycles. The molecule has 0 saturated heterocycles. The van der Waals surface area contributed by atoms with Crippen LogP contribution in [0.1, 0.15) is 27.5 Å². The molecule has 1 unspecified atom stereocenters. The quantitative estimate of drug-likeness (QED) is 0.802. The molecular weight excluding hydrogens is 260 g/mol. The van der Waals surface area contributed by atoms with Crippen LogP contribution in [-0.2, 0) is 0 Å². The Morgan fingerprint density at radius 1 is 1.37 bits per heavy atom. The van der Waals surface area contributed by atoms with E-state index < -0.39 is 5.92 Å². The number of ketones is 1. The fourth-order valence-electron chi connectivity index (χ4n) is 1.78. The van der Waals surface area contributed by atoms with E-state index in [9.17, 15) is 10.1 Å². The topological polar surface area (TPSA) is 53.8 Å². The molecule has 0 radical (unpaired) electrons. The van der Waals surface area contributed by atoms with Crippen molar-refractivity contribution in [2.24, 2.45) is 0 Å². The summed E-state index contributed by atoms with van der Waals surface area (Å²) < 4.78 is 0. The molecule has 1 heterocycles. The molecular formula is C15H11ClN2O. The Bertz CT molecular complexity index is 647. The van der Waals surface area contributed by atoms with E-state index in [4.69, 9.17) is 11.6 Å². The van der Waals surface area contributed by atoms with Crippen LogP contribution in [-0.4, -0.2) is 10.8 Å². The van der Waals surface area contributed by atoms with Gasteiger partial charge in [0, 0.05) is 11.8 Å². The summed E-state index contributed by atoms with van der Waals surface area (Å²) in [4.78, 5) is 16.4. The molecule has 0 fully saturated rings. The summed E-state index contributed by atoms with van der Waals surface area (Å²) >= 11 is 6.06. The normalized spacial score (nSPS) is 11.6. The third-order valence-corrected chi connectivity index (χ3v) is 3.08. The van der Waals surface area contributed by atoms with Crippen LogP contribution < -0.4 is 0 Å². The van der Waals surface area contributed by atoms with Crippen molar-refractivity contribution in [2.45, 2.75) is 12.8 Å². The van der Waals surface area contributed by atoms with Gasteiger partial charge in [-0.25, -0.2) is 0 Å². The standard InChI is InChI=1S/C15H11ClN2O/c1-10-5-6-11(13(16)8-10)15(19)12(9-17)14-4-2-3-7-18-14/h2-8,12H,1H3. The van der Waals surface area contributed by atoms with Gasteiger partial charge < -0.3 is 0 Å². The number of hydrogen-bond acceptors (Lipinski definition) is 3. The minimum atomic E-state index is -0.929. The molecule has 4 heteroatoms. The largest absolute Gasteiger partial charge is 0.292 e. The molecule has 0 N–H and O–H groups in total. The van der Waals surface area contributed by atoms with Gasteiger partial charge in [0.25, 0.3) is 0 Å². The summed E-state index contributed by atoms with van der Waals surface area (Å²) in [5.41, 5.74) is 1.75. The van der Waals surface area contributed by atoms with Gasteiger partial charge in [0.15, 0.2) is 11.7 Å². The Labute approximate surface area is 116 Å². The molecule has 0 amide bonds. The second kappa shape index (κ2) is 5.64. The summed E-state index contributed by atoms with van der Waals surface area (Å²) in [7, 11) is 0. The monoisotopic (exact) mass is 270 g/mol. The molecule has 0 saturated carbocycles. The molecule has 3 nitrogen and oxygen atoms in total. The zero-order valence-electron chi connectivity index (χ0n) is 10.3. The van der Waals surface area contributed by atoms with Crippen LogP contribution in [0.15, 0.2) is 42.6 Å². The van der Waals surface area contributed by atoms with Gasteiger partial charge in [-0.2, -0.15) is 5.26 Å². The van der Waals surface area contributed by atoms with Gasteiger partial charge in [0.1, 0.15) is 0 Å². The van der Waals surface area contributed by atoms with E-state index in [1.807, 2.05) is 13.0 Å². The van der Waals surface area contributed by atoms with Gasteiger partial charge in [-0.05, 0) is 36.8 Å². The lowest BCUT2D eigenvalue weighted by molar-refractivity contribution is 0.0977. The number of aryl methyl sites for hydroxylation is 1. The average Bonchev–Trinajstić information content (AvgIpc) is 2.40. The van der Waals surface area contributed by atoms with E-state index in [1.54, 1.807) is 42.6 Å². The van der Waals surface area contributed by atoms with Crippen LogP contribution in [0.2, 0.25) is 5.02 Å². The summed E-state index contributed by atoms with van der Waals surface area (Å²) in [5, 5.41) is 9.56. The summed E-state index contributed by atoms with van der Waals surface area (Å²) in [6.45, 7) is 1.89. The lowest BCUT2D eigenvalue weighted by Crippen LogP contribution is -2.13. The van der Waals surface area contributed by atoms with Gasteiger partial charge in [-0.15, -0.1) is 0 Å². The number of hydrogen-bond donors (Lipinski definition) is 0. The van der Waals surface area contributed by atoms with Crippen molar-refractivity contribution < 1.29 is 4.79 Å². The molecule has 0 aliphatic rings. The number of nitriles is 1. The summed E-state index contributed by atoms with van der Waals surface area (Å²) in [5.74, 6) is -1.26. The number of nitrogens with zero attached hydrogens (tertiary/aromatic N) is 2. The van der Waals surface area contributed by atoms with E-state index in [0.717, 1.165) is 5.56 Å². The highest BCUT2D eigenvalue weighted by molar-refractivity contribution is 6.34. The first kappa shape index (κ1) is 13.3. The zero-order chi connectivity index (χ0) is 13.8. The fraction of sp³-hybridized carbons (Fsp3) is 0.133. The number of halogens is 1. The van der Waals surface area contributed by atoms with Crippen molar-refractivity contribution in [3.8, 4) is 6.07 Å². The Morgan fingerprint density at radius 3 is 2.74 bits per heavy atom. The maximum Gasteiger partial charge on any atom is 0.187 e. The zero-order valence-corrected chi connectivity index (χ0v) is 11.1.